The summed E-state index contributed by atoms with van der Waals surface area (Å²) in [5.74, 6) is -0.438. The van der Waals surface area contributed by atoms with Crippen molar-refractivity contribution in [1.29, 1.82) is 0 Å². The van der Waals surface area contributed by atoms with Gasteiger partial charge in [0.15, 0.2) is 0 Å². The molecule has 2 amide bonds. The highest BCUT2D eigenvalue weighted by Gasteiger charge is 2.11. The summed E-state index contributed by atoms with van der Waals surface area (Å²) in [7, 11) is 0. The molecule has 116 valence electrons. The van der Waals surface area contributed by atoms with Crippen LogP contribution in [0.15, 0.2) is 41.1 Å². The van der Waals surface area contributed by atoms with E-state index < -0.39 is 0 Å². The van der Waals surface area contributed by atoms with Crippen molar-refractivity contribution in [2.75, 3.05) is 6.54 Å². The molecule has 0 fully saturated rings. The quantitative estimate of drug-likeness (QED) is 0.852. The maximum atomic E-state index is 11.8. The SMILES string of the molecule is C[C@@H](Cc1ccc(Cl)cc1)NC(=O)CNC(=O)c1ccsc1. The largest absolute Gasteiger partial charge is 0.352 e. The lowest BCUT2D eigenvalue weighted by molar-refractivity contribution is -0.120. The van der Waals surface area contributed by atoms with Gasteiger partial charge >= 0.3 is 0 Å². The van der Waals surface area contributed by atoms with E-state index in [9.17, 15) is 9.59 Å². The molecular weight excluding hydrogens is 320 g/mol. The van der Waals surface area contributed by atoms with E-state index in [0.717, 1.165) is 5.56 Å². The van der Waals surface area contributed by atoms with Crippen LogP contribution in [0.2, 0.25) is 5.02 Å². The van der Waals surface area contributed by atoms with Crippen LogP contribution in [-0.2, 0) is 11.2 Å². The van der Waals surface area contributed by atoms with Gasteiger partial charge in [0.1, 0.15) is 0 Å². The van der Waals surface area contributed by atoms with Crippen LogP contribution >= 0.6 is 22.9 Å². The lowest BCUT2D eigenvalue weighted by atomic mass is 10.1. The molecule has 1 aromatic carbocycles. The Morgan fingerprint density at radius 1 is 1.23 bits per heavy atom. The molecule has 2 N–H and O–H groups in total. The number of carbonyl (C=O) groups excluding carboxylic acids is 2. The highest BCUT2D eigenvalue weighted by Crippen LogP contribution is 2.11. The second-order valence-corrected chi connectivity index (χ2v) is 6.21. The van der Waals surface area contributed by atoms with Crippen molar-refractivity contribution in [3.05, 3.63) is 57.2 Å². The molecule has 4 nitrogen and oxygen atoms in total. The monoisotopic (exact) mass is 336 g/mol. The Morgan fingerprint density at radius 2 is 1.95 bits per heavy atom. The van der Waals surface area contributed by atoms with Gasteiger partial charge in [-0.05, 0) is 42.5 Å². The molecule has 0 saturated carbocycles. The molecule has 1 atom stereocenters. The number of benzene rings is 1. The Kier molecular flexibility index (Phi) is 5.98. The summed E-state index contributed by atoms with van der Waals surface area (Å²) in [5, 5.41) is 9.72. The smallest absolute Gasteiger partial charge is 0.252 e. The Morgan fingerprint density at radius 3 is 2.59 bits per heavy atom. The third-order valence-electron chi connectivity index (χ3n) is 3.06. The van der Waals surface area contributed by atoms with Gasteiger partial charge in [0.05, 0.1) is 6.54 Å². The van der Waals surface area contributed by atoms with Crippen LogP contribution in [0.5, 0.6) is 0 Å². The fourth-order valence-corrected chi connectivity index (χ4v) is 2.77. The van der Waals surface area contributed by atoms with Gasteiger partial charge in [0.25, 0.3) is 5.91 Å². The maximum Gasteiger partial charge on any atom is 0.252 e. The van der Waals surface area contributed by atoms with E-state index in [0.29, 0.717) is 17.0 Å². The van der Waals surface area contributed by atoms with Gasteiger partial charge in [0, 0.05) is 22.0 Å². The molecule has 2 rings (SSSR count). The van der Waals surface area contributed by atoms with Crippen molar-refractivity contribution >= 4 is 34.8 Å². The molecule has 0 spiro atoms. The molecule has 0 radical (unpaired) electrons. The third kappa shape index (κ3) is 5.16. The highest BCUT2D eigenvalue weighted by atomic mass is 35.5. The zero-order chi connectivity index (χ0) is 15.9. The normalized spacial score (nSPS) is 11.7. The summed E-state index contributed by atoms with van der Waals surface area (Å²) in [6, 6.07) is 9.22. The molecule has 0 aliphatic rings. The molecular formula is C16H17ClN2O2S. The fourth-order valence-electron chi connectivity index (χ4n) is 2.01. The number of carbonyl (C=O) groups is 2. The first-order valence-electron chi connectivity index (χ1n) is 6.89. The van der Waals surface area contributed by atoms with Crippen LogP contribution in [0.3, 0.4) is 0 Å². The minimum absolute atomic E-state index is 0.0216. The second-order valence-electron chi connectivity index (χ2n) is 4.99. The van der Waals surface area contributed by atoms with Gasteiger partial charge in [-0.3, -0.25) is 9.59 Å². The number of hydrogen-bond donors (Lipinski definition) is 2. The molecule has 22 heavy (non-hydrogen) atoms. The van der Waals surface area contributed by atoms with Crippen molar-refractivity contribution in [3.63, 3.8) is 0 Å². The zero-order valence-corrected chi connectivity index (χ0v) is 13.7. The average molecular weight is 337 g/mol. The van der Waals surface area contributed by atoms with Crippen LogP contribution in [0.4, 0.5) is 0 Å². The van der Waals surface area contributed by atoms with E-state index in [1.165, 1.54) is 11.3 Å². The van der Waals surface area contributed by atoms with E-state index in [1.807, 2.05) is 36.6 Å². The molecule has 1 aromatic heterocycles. The van der Waals surface area contributed by atoms with Gasteiger partial charge in [-0.25, -0.2) is 0 Å². The lowest BCUT2D eigenvalue weighted by Crippen LogP contribution is -2.41. The summed E-state index contributed by atoms with van der Waals surface area (Å²) in [5.41, 5.74) is 1.67. The topological polar surface area (TPSA) is 58.2 Å². The fraction of sp³-hybridized carbons (Fsp3) is 0.250. The summed E-state index contributed by atoms with van der Waals surface area (Å²) in [4.78, 5) is 23.5. The summed E-state index contributed by atoms with van der Waals surface area (Å²) < 4.78 is 0. The number of halogens is 1. The Balaban J connectivity index is 1.74. The lowest BCUT2D eigenvalue weighted by Gasteiger charge is -2.14. The first-order chi connectivity index (χ1) is 10.5. The highest BCUT2D eigenvalue weighted by molar-refractivity contribution is 7.08. The van der Waals surface area contributed by atoms with Crippen molar-refractivity contribution in [1.82, 2.24) is 10.6 Å². The molecule has 0 aliphatic carbocycles. The summed E-state index contributed by atoms with van der Waals surface area (Å²) in [6.45, 7) is 1.90. The molecule has 0 bridgehead atoms. The first-order valence-corrected chi connectivity index (χ1v) is 8.21. The summed E-state index contributed by atoms with van der Waals surface area (Å²) >= 11 is 7.28. The molecule has 2 aromatic rings. The van der Waals surface area contributed by atoms with Gasteiger partial charge in [0.2, 0.25) is 5.91 Å². The first kappa shape index (κ1) is 16.5. The van der Waals surface area contributed by atoms with Gasteiger partial charge in [-0.15, -0.1) is 0 Å². The maximum absolute atomic E-state index is 11.8. The third-order valence-corrected chi connectivity index (χ3v) is 3.99. The number of hydrogen-bond acceptors (Lipinski definition) is 3. The van der Waals surface area contributed by atoms with Crippen LogP contribution in [-0.4, -0.2) is 24.4 Å². The van der Waals surface area contributed by atoms with Crippen LogP contribution < -0.4 is 10.6 Å². The second kappa shape index (κ2) is 7.96. The minimum atomic E-state index is -0.234. The van der Waals surface area contributed by atoms with Crippen LogP contribution in [0, 0.1) is 0 Å². The van der Waals surface area contributed by atoms with E-state index >= 15 is 0 Å². The van der Waals surface area contributed by atoms with E-state index in [4.69, 9.17) is 11.6 Å². The Bertz CT molecular complexity index is 626. The Hall–Kier alpha value is -1.85. The molecule has 6 heteroatoms. The van der Waals surface area contributed by atoms with Crippen LogP contribution in [0.25, 0.3) is 0 Å². The number of nitrogens with one attached hydrogen (secondary N) is 2. The van der Waals surface area contributed by atoms with Gasteiger partial charge in [-0.1, -0.05) is 23.7 Å². The number of rotatable bonds is 6. The predicted octanol–water partition coefficient (Wildman–Crippen LogP) is 2.88. The minimum Gasteiger partial charge on any atom is -0.352 e. The zero-order valence-electron chi connectivity index (χ0n) is 12.1. The molecule has 0 aliphatic heterocycles. The average Bonchev–Trinajstić information content (AvgIpc) is 3.01. The van der Waals surface area contributed by atoms with Gasteiger partial charge < -0.3 is 10.6 Å². The standard InChI is InChI=1S/C16H17ClN2O2S/c1-11(8-12-2-4-14(17)5-3-12)19-15(20)9-18-16(21)13-6-7-22-10-13/h2-7,10-11H,8-9H2,1H3,(H,18,21)(H,19,20)/t11-/m0/s1. The van der Waals surface area contributed by atoms with Gasteiger partial charge in [-0.2, -0.15) is 11.3 Å². The van der Waals surface area contributed by atoms with Crippen LogP contribution in [0.1, 0.15) is 22.8 Å². The van der Waals surface area contributed by atoms with E-state index in [1.54, 1.807) is 11.4 Å². The van der Waals surface area contributed by atoms with E-state index in [2.05, 4.69) is 10.6 Å². The van der Waals surface area contributed by atoms with Crippen molar-refractivity contribution in [3.8, 4) is 0 Å². The number of thiophene rings is 1. The number of amides is 2. The Labute approximate surface area is 138 Å². The predicted molar refractivity (Wildman–Crippen MR) is 89.4 cm³/mol. The van der Waals surface area contributed by atoms with E-state index in [-0.39, 0.29) is 24.4 Å². The summed E-state index contributed by atoms with van der Waals surface area (Å²) in [6.07, 6.45) is 0.710. The molecule has 0 unspecified atom stereocenters. The van der Waals surface area contributed by atoms with Crippen molar-refractivity contribution < 1.29 is 9.59 Å². The van der Waals surface area contributed by atoms with Crippen molar-refractivity contribution in [2.45, 2.75) is 19.4 Å². The molecule has 0 saturated heterocycles. The van der Waals surface area contributed by atoms with Crippen molar-refractivity contribution in [2.24, 2.45) is 0 Å². The molecule has 1 heterocycles.